The van der Waals surface area contributed by atoms with Gasteiger partial charge in [-0.05, 0) is 19.0 Å². The quantitative estimate of drug-likeness (QED) is 0.498. The summed E-state index contributed by atoms with van der Waals surface area (Å²) in [5.41, 5.74) is 0. The van der Waals surface area contributed by atoms with Crippen molar-refractivity contribution in [1.82, 2.24) is 10.6 Å². The van der Waals surface area contributed by atoms with Crippen LogP contribution in [0.1, 0.15) is 6.42 Å². The summed E-state index contributed by atoms with van der Waals surface area (Å²) in [6.07, 6.45) is 4.70. The molecule has 3 heteroatoms. The molecule has 1 fully saturated rings. The first-order valence-corrected chi connectivity index (χ1v) is 4.06. The molecule has 2 rings (SSSR count). The molecule has 2 N–H and O–H groups in total. The number of carbonyl (C=O) groups excluding carboxylic acids is 1. The number of hydrogen-bond donors (Lipinski definition) is 2. The van der Waals surface area contributed by atoms with Gasteiger partial charge in [-0.25, -0.2) is 0 Å². The number of hydrogen-bond acceptors (Lipinski definition) is 2. The highest BCUT2D eigenvalue weighted by Gasteiger charge is 2.26. The molecule has 1 saturated heterocycles. The van der Waals surface area contributed by atoms with E-state index >= 15 is 0 Å². The summed E-state index contributed by atoms with van der Waals surface area (Å²) in [4.78, 5) is 10.9. The standard InChI is InChI=1S/C8H12N2O/c11-8-2-1-6-5-9-4-3-7(6)10-8/h1-2,6-7,9H,3-5H2,(H,10,11). The van der Waals surface area contributed by atoms with Gasteiger partial charge < -0.3 is 10.6 Å². The number of nitrogens with one attached hydrogen (secondary N) is 2. The average Bonchev–Trinajstić information content (AvgIpc) is 2.04. The molecule has 0 radical (unpaired) electrons. The third kappa shape index (κ3) is 1.28. The lowest BCUT2D eigenvalue weighted by molar-refractivity contribution is -0.118. The summed E-state index contributed by atoms with van der Waals surface area (Å²) in [6.45, 7) is 2.02. The first-order chi connectivity index (χ1) is 5.36. The fraction of sp³-hybridized carbons (Fsp3) is 0.625. The molecule has 11 heavy (non-hydrogen) atoms. The molecule has 0 spiro atoms. The molecule has 3 nitrogen and oxygen atoms in total. The van der Waals surface area contributed by atoms with Crippen LogP contribution in [0, 0.1) is 5.92 Å². The van der Waals surface area contributed by atoms with Crippen molar-refractivity contribution in [3.05, 3.63) is 12.2 Å². The lowest BCUT2D eigenvalue weighted by Crippen LogP contribution is -2.50. The van der Waals surface area contributed by atoms with E-state index in [1.807, 2.05) is 6.08 Å². The molecule has 0 aromatic carbocycles. The Morgan fingerprint density at radius 1 is 1.55 bits per heavy atom. The summed E-state index contributed by atoms with van der Waals surface area (Å²) >= 11 is 0. The van der Waals surface area contributed by atoms with Crippen molar-refractivity contribution in [2.45, 2.75) is 12.5 Å². The van der Waals surface area contributed by atoms with Crippen LogP contribution in [0.5, 0.6) is 0 Å². The average molecular weight is 152 g/mol. The van der Waals surface area contributed by atoms with Gasteiger partial charge in [0.05, 0.1) is 0 Å². The molecule has 1 amide bonds. The summed E-state index contributed by atoms with van der Waals surface area (Å²) in [6, 6.07) is 0.383. The Morgan fingerprint density at radius 3 is 3.36 bits per heavy atom. The van der Waals surface area contributed by atoms with E-state index in [0.717, 1.165) is 19.5 Å². The minimum atomic E-state index is 0.0631. The van der Waals surface area contributed by atoms with Crippen molar-refractivity contribution >= 4 is 5.91 Å². The lowest BCUT2D eigenvalue weighted by atomic mass is 9.91. The second kappa shape index (κ2) is 2.66. The minimum absolute atomic E-state index is 0.0631. The maximum absolute atomic E-state index is 10.9. The van der Waals surface area contributed by atoms with E-state index in [-0.39, 0.29) is 5.91 Å². The van der Waals surface area contributed by atoms with Crippen LogP contribution >= 0.6 is 0 Å². The highest BCUT2D eigenvalue weighted by molar-refractivity contribution is 5.88. The zero-order valence-electron chi connectivity index (χ0n) is 6.34. The molecule has 2 aliphatic rings. The number of rotatable bonds is 0. The Hall–Kier alpha value is -0.830. The molecular formula is C8H12N2O. The SMILES string of the molecule is O=C1C=CC2CNCCC2N1. The van der Waals surface area contributed by atoms with Crippen molar-refractivity contribution < 1.29 is 4.79 Å². The van der Waals surface area contributed by atoms with Gasteiger partial charge in [0, 0.05) is 18.5 Å². The molecule has 2 unspecified atom stereocenters. The molecular weight excluding hydrogens is 140 g/mol. The van der Waals surface area contributed by atoms with Gasteiger partial charge in [-0.3, -0.25) is 4.79 Å². The van der Waals surface area contributed by atoms with Crippen LogP contribution in [0.15, 0.2) is 12.2 Å². The number of carbonyl (C=O) groups is 1. The monoisotopic (exact) mass is 152 g/mol. The van der Waals surface area contributed by atoms with E-state index in [9.17, 15) is 4.79 Å². The molecule has 60 valence electrons. The van der Waals surface area contributed by atoms with Crippen molar-refractivity contribution in [3.63, 3.8) is 0 Å². The van der Waals surface area contributed by atoms with Gasteiger partial charge in [0.25, 0.3) is 0 Å². The van der Waals surface area contributed by atoms with Gasteiger partial charge in [-0.2, -0.15) is 0 Å². The van der Waals surface area contributed by atoms with Crippen molar-refractivity contribution in [3.8, 4) is 0 Å². The molecule has 0 aromatic heterocycles. The molecule has 0 aromatic rings. The first kappa shape index (κ1) is 6.85. The minimum Gasteiger partial charge on any atom is -0.349 e. The molecule has 0 aliphatic carbocycles. The fourth-order valence-electron chi connectivity index (χ4n) is 1.71. The van der Waals surface area contributed by atoms with Gasteiger partial charge in [0.15, 0.2) is 0 Å². The summed E-state index contributed by atoms with van der Waals surface area (Å²) in [5.74, 6) is 0.578. The maximum Gasteiger partial charge on any atom is 0.243 e. The Morgan fingerprint density at radius 2 is 2.45 bits per heavy atom. The van der Waals surface area contributed by atoms with Crippen LogP contribution in [-0.4, -0.2) is 25.0 Å². The number of fused-ring (bicyclic) bond motifs is 1. The van der Waals surface area contributed by atoms with Gasteiger partial charge >= 0.3 is 0 Å². The van der Waals surface area contributed by atoms with Crippen molar-refractivity contribution in [2.24, 2.45) is 5.92 Å². The number of amides is 1. The topological polar surface area (TPSA) is 41.1 Å². The zero-order valence-corrected chi connectivity index (χ0v) is 6.34. The maximum atomic E-state index is 10.9. The van der Waals surface area contributed by atoms with Crippen LogP contribution in [-0.2, 0) is 4.79 Å². The van der Waals surface area contributed by atoms with Gasteiger partial charge in [0.1, 0.15) is 0 Å². The third-order valence-electron chi connectivity index (χ3n) is 2.35. The van der Waals surface area contributed by atoms with Gasteiger partial charge in [-0.15, -0.1) is 0 Å². The predicted molar refractivity (Wildman–Crippen MR) is 42.0 cm³/mol. The molecule has 2 aliphatic heterocycles. The van der Waals surface area contributed by atoms with Crippen LogP contribution in [0.4, 0.5) is 0 Å². The van der Waals surface area contributed by atoms with Gasteiger partial charge in [0.2, 0.25) is 5.91 Å². The lowest BCUT2D eigenvalue weighted by Gasteiger charge is -2.32. The Balaban J connectivity index is 2.10. The largest absolute Gasteiger partial charge is 0.349 e. The smallest absolute Gasteiger partial charge is 0.243 e. The molecule has 0 saturated carbocycles. The van der Waals surface area contributed by atoms with Gasteiger partial charge in [-0.1, -0.05) is 6.08 Å². The van der Waals surface area contributed by atoms with E-state index in [1.165, 1.54) is 0 Å². The normalized spacial score (nSPS) is 36.2. The van der Waals surface area contributed by atoms with Crippen LogP contribution in [0.3, 0.4) is 0 Å². The van der Waals surface area contributed by atoms with E-state index in [1.54, 1.807) is 6.08 Å². The molecule has 2 heterocycles. The third-order valence-corrected chi connectivity index (χ3v) is 2.35. The Labute approximate surface area is 65.9 Å². The number of piperidine rings is 1. The highest BCUT2D eigenvalue weighted by Crippen LogP contribution is 2.15. The molecule has 0 bridgehead atoms. The van der Waals surface area contributed by atoms with E-state index in [2.05, 4.69) is 10.6 Å². The zero-order chi connectivity index (χ0) is 7.68. The van der Waals surface area contributed by atoms with E-state index in [0.29, 0.717) is 12.0 Å². The van der Waals surface area contributed by atoms with Crippen molar-refractivity contribution in [1.29, 1.82) is 0 Å². The van der Waals surface area contributed by atoms with E-state index < -0.39 is 0 Å². The van der Waals surface area contributed by atoms with Crippen molar-refractivity contribution in [2.75, 3.05) is 13.1 Å². The molecule has 2 atom stereocenters. The summed E-state index contributed by atoms with van der Waals surface area (Å²) in [5, 5.41) is 6.25. The highest BCUT2D eigenvalue weighted by atomic mass is 16.1. The summed E-state index contributed by atoms with van der Waals surface area (Å²) < 4.78 is 0. The Bertz CT molecular complexity index is 200. The second-order valence-electron chi connectivity index (χ2n) is 3.13. The van der Waals surface area contributed by atoms with Crippen LogP contribution in [0.25, 0.3) is 0 Å². The summed E-state index contributed by atoms with van der Waals surface area (Å²) in [7, 11) is 0. The Kier molecular flexibility index (Phi) is 1.66. The van der Waals surface area contributed by atoms with Crippen LogP contribution < -0.4 is 10.6 Å². The predicted octanol–water partition coefficient (Wildman–Crippen LogP) is -0.350. The fourth-order valence-corrected chi connectivity index (χ4v) is 1.71. The first-order valence-electron chi connectivity index (χ1n) is 4.06. The second-order valence-corrected chi connectivity index (χ2v) is 3.13. The van der Waals surface area contributed by atoms with E-state index in [4.69, 9.17) is 0 Å². The van der Waals surface area contributed by atoms with Crippen LogP contribution in [0.2, 0.25) is 0 Å².